The van der Waals surface area contributed by atoms with Crippen LogP contribution in [0.25, 0.3) is 0 Å². The van der Waals surface area contributed by atoms with Crippen LogP contribution >= 0.6 is 11.6 Å². The maximum absolute atomic E-state index is 6.10. The summed E-state index contributed by atoms with van der Waals surface area (Å²) >= 11 is 6.10. The summed E-state index contributed by atoms with van der Waals surface area (Å²) in [6.07, 6.45) is 6.57. The predicted molar refractivity (Wildman–Crippen MR) is 92.7 cm³/mol. The lowest BCUT2D eigenvalue weighted by Crippen LogP contribution is -2.05. The highest BCUT2D eigenvalue weighted by Crippen LogP contribution is 2.24. The summed E-state index contributed by atoms with van der Waals surface area (Å²) in [7, 11) is 0. The Kier molecular flexibility index (Phi) is 7.04. The number of hydrogen-bond donors (Lipinski definition) is 1. The monoisotopic (exact) mass is 318 g/mol. The lowest BCUT2D eigenvalue weighted by Gasteiger charge is -2.13. The zero-order chi connectivity index (χ0) is 15.6. The number of aromatic nitrogens is 1. The number of hydrogen-bond acceptors (Lipinski definition) is 3. The van der Waals surface area contributed by atoms with Crippen LogP contribution in [0.2, 0.25) is 5.02 Å². The van der Waals surface area contributed by atoms with Crippen LogP contribution in [0, 0.1) is 0 Å². The molecule has 0 aliphatic carbocycles. The second-order valence-corrected chi connectivity index (χ2v) is 5.67. The smallest absolute Gasteiger partial charge is 0.126 e. The van der Waals surface area contributed by atoms with E-state index >= 15 is 0 Å². The Bertz CT molecular complexity index is 560. The van der Waals surface area contributed by atoms with Crippen molar-refractivity contribution in [3.63, 3.8) is 0 Å². The first kappa shape index (κ1) is 16.6. The van der Waals surface area contributed by atoms with Gasteiger partial charge in [-0.1, -0.05) is 43.9 Å². The fourth-order valence-electron chi connectivity index (χ4n) is 2.19. The van der Waals surface area contributed by atoms with Gasteiger partial charge in [-0.15, -0.1) is 0 Å². The molecule has 1 aromatic heterocycles. The van der Waals surface area contributed by atoms with E-state index in [-0.39, 0.29) is 0 Å². The first-order valence-electron chi connectivity index (χ1n) is 7.85. The molecule has 0 saturated heterocycles. The number of ether oxygens (including phenoxy) is 1. The van der Waals surface area contributed by atoms with Gasteiger partial charge in [-0.05, 0) is 36.8 Å². The molecule has 1 N–H and O–H groups in total. The topological polar surface area (TPSA) is 34.1 Å². The van der Waals surface area contributed by atoms with Crippen LogP contribution < -0.4 is 10.1 Å². The third kappa shape index (κ3) is 5.57. The molecule has 0 saturated carbocycles. The Morgan fingerprint density at radius 1 is 1.14 bits per heavy atom. The van der Waals surface area contributed by atoms with E-state index in [1.807, 2.05) is 36.4 Å². The van der Waals surface area contributed by atoms with Gasteiger partial charge in [0, 0.05) is 23.3 Å². The summed E-state index contributed by atoms with van der Waals surface area (Å²) in [6.45, 7) is 3.60. The number of nitrogens with zero attached hydrogens (tertiary/aromatic N) is 1. The summed E-state index contributed by atoms with van der Waals surface area (Å²) in [5.41, 5.74) is 1.05. The SMILES string of the molecule is CCCCCCOc1ccc(Cl)cc1CNc1ccccn1. The molecule has 0 aliphatic heterocycles. The van der Waals surface area contributed by atoms with Crippen molar-refractivity contribution in [1.29, 1.82) is 0 Å². The maximum atomic E-state index is 6.10. The number of anilines is 1. The number of halogens is 1. The summed E-state index contributed by atoms with van der Waals surface area (Å²) in [4.78, 5) is 4.26. The number of nitrogens with one attached hydrogen (secondary N) is 1. The third-order valence-electron chi connectivity index (χ3n) is 3.40. The van der Waals surface area contributed by atoms with E-state index in [9.17, 15) is 0 Å². The molecule has 0 bridgehead atoms. The predicted octanol–water partition coefficient (Wildman–Crippen LogP) is 5.31. The fraction of sp³-hybridized carbons (Fsp3) is 0.389. The van der Waals surface area contributed by atoms with Crippen molar-refractivity contribution in [2.45, 2.75) is 39.2 Å². The number of unbranched alkanes of at least 4 members (excludes halogenated alkanes) is 3. The van der Waals surface area contributed by atoms with Gasteiger partial charge in [-0.3, -0.25) is 0 Å². The van der Waals surface area contributed by atoms with Crippen LogP contribution in [0.5, 0.6) is 5.75 Å². The molecule has 2 rings (SSSR count). The molecule has 2 aromatic rings. The standard InChI is InChI=1S/C18H23ClN2O/c1-2-3-4-7-12-22-17-10-9-16(19)13-15(17)14-21-18-8-5-6-11-20-18/h5-6,8-11,13H,2-4,7,12,14H2,1H3,(H,20,21). The molecule has 0 unspecified atom stereocenters. The maximum Gasteiger partial charge on any atom is 0.126 e. The van der Waals surface area contributed by atoms with Gasteiger partial charge in [0.2, 0.25) is 0 Å². The molecule has 22 heavy (non-hydrogen) atoms. The Labute approximate surface area is 137 Å². The number of benzene rings is 1. The molecule has 3 nitrogen and oxygen atoms in total. The minimum absolute atomic E-state index is 0.641. The zero-order valence-corrected chi connectivity index (χ0v) is 13.8. The molecular formula is C18H23ClN2O. The van der Waals surface area contributed by atoms with E-state index < -0.39 is 0 Å². The summed E-state index contributed by atoms with van der Waals surface area (Å²) in [5.74, 6) is 1.74. The molecule has 1 aromatic carbocycles. The highest BCUT2D eigenvalue weighted by atomic mass is 35.5. The number of rotatable bonds is 9. The van der Waals surface area contributed by atoms with Gasteiger partial charge in [-0.2, -0.15) is 0 Å². The first-order chi connectivity index (χ1) is 10.8. The molecule has 0 amide bonds. The van der Waals surface area contributed by atoms with Crippen LogP contribution in [0.4, 0.5) is 5.82 Å². The summed E-state index contributed by atoms with van der Waals surface area (Å²) < 4.78 is 5.91. The van der Waals surface area contributed by atoms with Crippen molar-refractivity contribution in [2.75, 3.05) is 11.9 Å². The molecule has 0 aliphatic rings. The van der Waals surface area contributed by atoms with Crippen LogP contribution in [0.15, 0.2) is 42.6 Å². The highest BCUT2D eigenvalue weighted by Gasteiger charge is 2.05. The van der Waals surface area contributed by atoms with E-state index in [4.69, 9.17) is 16.3 Å². The Morgan fingerprint density at radius 3 is 2.82 bits per heavy atom. The quantitative estimate of drug-likeness (QED) is 0.636. The van der Waals surface area contributed by atoms with E-state index in [0.717, 1.165) is 35.2 Å². The van der Waals surface area contributed by atoms with Crippen molar-refractivity contribution >= 4 is 17.4 Å². The van der Waals surface area contributed by atoms with E-state index in [2.05, 4.69) is 17.2 Å². The second-order valence-electron chi connectivity index (χ2n) is 5.23. The Balaban J connectivity index is 1.92. The summed E-state index contributed by atoms with van der Waals surface area (Å²) in [6, 6.07) is 11.5. The van der Waals surface area contributed by atoms with Gasteiger partial charge in [0.1, 0.15) is 11.6 Å². The van der Waals surface area contributed by atoms with E-state index in [0.29, 0.717) is 6.54 Å². The highest BCUT2D eigenvalue weighted by molar-refractivity contribution is 6.30. The second kappa shape index (κ2) is 9.31. The third-order valence-corrected chi connectivity index (χ3v) is 3.64. The minimum atomic E-state index is 0.641. The van der Waals surface area contributed by atoms with E-state index in [1.54, 1.807) is 6.20 Å². The molecule has 1 heterocycles. The minimum Gasteiger partial charge on any atom is -0.493 e. The largest absolute Gasteiger partial charge is 0.493 e. The fourth-order valence-corrected chi connectivity index (χ4v) is 2.39. The first-order valence-corrected chi connectivity index (χ1v) is 8.23. The van der Waals surface area contributed by atoms with Gasteiger partial charge in [0.05, 0.1) is 6.61 Å². The van der Waals surface area contributed by atoms with Crippen molar-refractivity contribution < 1.29 is 4.74 Å². The zero-order valence-electron chi connectivity index (χ0n) is 13.0. The molecule has 0 spiro atoms. The molecule has 0 atom stereocenters. The average Bonchev–Trinajstić information content (AvgIpc) is 2.55. The van der Waals surface area contributed by atoms with Crippen LogP contribution in [-0.4, -0.2) is 11.6 Å². The molecule has 0 fully saturated rings. The van der Waals surface area contributed by atoms with Crippen LogP contribution in [-0.2, 0) is 6.54 Å². The van der Waals surface area contributed by atoms with Gasteiger partial charge in [-0.25, -0.2) is 4.98 Å². The van der Waals surface area contributed by atoms with Crippen molar-refractivity contribution in [2.24, 2.45) is 0 Å². The van der Waals surface area contributed by atoms with Gasteiger partial charge >= 0.3 is 0 Å². The number of pyridine rings is 1. The van der Waals surface area contributed by atoms with Crippen molar-refractivity contribution in [3.8, 4) is 5.75 Å². The Morgan fingerprint density at radius 2 is 2.05 bits per heavy atom. The van der Waals surface area contributed by atoms with Gasteiger partial charge < -0.3 is 10.1 Å². The lowest BCUT2D eigenvalue weighted by molar-refractivity contribution is 0.302. The van der Waals surface area contributed by atoms with Gasteiger partial charge in [0.15, 0.2) is 0 Å². The molecule has 0 radical (unpaired) electrons. The summed E-state index contributed by atoms with van der Waals surface area (Å²) in [5, 5.41) is 4.01. The van der Waals surface area contributed by atoms with E-state index in [1.165, 1.54) is 19.3 Å². The van der Waals surface area contributed by atoms with Gasteiger partial charge in [0.25, 0.3) is 0 Å². The normalized spacial score (nSPS) is 10.5. The molecular weight excluding hydrogens is 296 g/mol. The van der Waals surface area contributed by atoms with Crippen molar-refractivity contribution in [1.82, 2.24) is 4.98 Å². The molecule has 118 valence electrons. The van der Waals surface area contributed by atoms with Crippen LogP contribution in [0.1, 0.15) is 38.2 Å². The molecule has 4 heteroatoms. The van der Waals surface area contributed by atoms with Crippen LogP contribution in [0.3, 0.4) is 0 Å². The van der Waals surface area contributed by atoms with Crippen molar-refractivity contribution in [3.05, 3.63) is 53.2 Å². The Hall–Kier alpha value is -1.74. The lowest BCUT2D eigenvalue weighted by atomic mass is 10.2. The average molecular weight is 319 g/mol.